The van der Waals surface area contributed by atoms with E-state index >= 15 is 0 Å². The Morgan fingerprint density at radius 3 is 2.42 bits per heavy atom. The zero-order valence-electron chi connectivity index (χ0n) is 11.0. The maximum atomic E-state index is 10.9. The minimum atomic E-state index is -0.828. The Labute approximate surface area is 117 Å². The largest absolute Gasteiger partial charge is 0.481 e. The third kappa shape index (κ3) is 2.82. The van der Waals surface area contributed by atoms with Gasteiger partial charge in [-0.1, -0.05) is 29.8 Å². The average Bonchev–Trinajstić information content (AvgIpc) is 2.66. The fourth-order valence-corrected chi connectivity index (χ4v) is 2.47. The first-order chi connectivity index (χ1) is 9.02. The number of alkyl halides is 1. The third-order valence-corrected chi connectivity index (χ3v) is 3.52. The Balaban J connectivity index is 2.50. The van der Waals surface area contributed by atoms with Gasteiger partial charge in [-0.2, -0.15) is 0 Å². The zero-order valence-corrected chi connectivity index (χ0v) is 11.7. The van der Waals surface area contributed by atoms with Crippen LogP contribution in [0.25, 0.3) is 11.3 Å². The van der Waals surface area contributed by atoms with Gasteiger partial charge in [0.25, 0.3) is 0 Å². The molecule has 0 aliphatic carbocycles. The molecule has 1 aromatic heterocycles. The van der Waals surface area contributed by atoms with E-state index in [1.165, 1.54) is 5.56 Å². The van der Waals surface area contributed by atoms with Gasteiger partial charge in [0, 0.05) is 11.4 Å². The van der Waals surface area contributed by atoms with Gasteiger partial charge in [0.1, 0.15) is 0 Å². The lowest BCUT2D eigenvalue weighted by molar-refractivity contribution is -0.136. The summed E-state index contributed by atoms with van der Waals surface area (Å²) in [6, 6.07) is 10.3. The number of halogens is 1. The molecule has 0 aliphatic heterocycles. The van der Waals surface area contributed by atoms with Gasteiger partial charge in [-0.25, -0.2) is 0 Å². The first-order valence-corrected chi connectivity index (χ1v) is 6.60. The average molecular weight is 278 g/mol. The molecule has 2 aromatic rings. The van der Waals surface area contributed by atoms with Crippen molar-refractivity contribution in [2.75, 3.05) is 0 Å². The monoisotopic (exact) mass is 277 g/mol. The second kappa shape index (κ2) is 5.49. The van der Waals surface area contributed by atoms with Crippen LogP contribution in [-0.2, 0) is 17.2 Å². The molecule has 19 heavy (non-hydrogen) atoms. The van der Waals surface area contributed by atoms with E-state index in [0.29, 0.717) is 6.00 Å². The number of hydrogen-bond acceptors (Lipinski definition) is 1. The molecule has 0 radical (unpaired) electrons. The molecule has 0 aliphatic rings. The van der Waals surface area contributed by atoms with Crippen molar-refractivity contribution in [2.45, 2.75) is 26.3 Å². The molecule has 2 rings (SSSR count). The van der Waals surface area contributed by atoms with Crippen LogP contribution in [0, 0.1) is 13.8 Å². The molecule has 1 heterocycles. The maximum absolute atomic E-state index is 10.9. The number of aliphatic carboxylic acids is 1. The standard InChI is InChI=1S/C15H16ClNO2/c1-10-3-5-12(6-4-10)14-7-13(8-15(18)19)11(2)17(14)9-16/h3-7H,8-9H2,1-2H3,(H,18,19). The summed E-state index contributed by atoms with van der Waals surface area (Å²) in [5.74, 6) is -0.828. The van der Waals surface area contributed by atoms with E-state index in [4.69, 9.17) is 16.7 Å². The fraction of sp³-hybridized carbons (Fsp3) is 0.267. The summed E-state index contributed by atoms with van der Waals surface area (Å²) < 4.78 is 1.94. The summed E-state index contributed by atoms with van der Waals surface area (Å²) in [5.41, 5.74) is 4.92. The second-order valence-corrected chi connectivity index (χ2v) is 4.86. The molecule has 4 heteroatoms. The van der Waals surface area contributed by atoms with E-state index in [0.717, 1.165) is 22.5 Å². The van der Waals surface area contributed by atoms with Crippen molar-refractivity contribution < 1.29 is 9.90 Å². The highest BCUT2D eigenvalue weighted by atomic mass is 35.5. The van der Waals surface area contributed by atoms with Gasteiger partial charge in [-0.3, -0.25) is 4.79 Å². The van der Waals surface area contributed by atoms with Crippen LogP contribution in [0.2, 0.25) is 0 Å². The molecule has 3 nitrogen and oxygen atoms in total. The Hall–Kier alpha value is -1.74. The highest BCUT2D eigenvalue weighted by molar-refractivity contribution is 6.15. The number of carboxylic acid groups (broad SMARTS) is 1. The SMILES string of the molecule is Cc1ccc(-c2cc(CC(=O)O)c(C)n2CCl)cc1. The van der Waals surface area contributed by atoms with Crippen molar-refractivity contribution in [3.63, 3.8) is 0 Å². The van der Waals surface area contributed by atoms with Crippen LogP contribution in [0.15, 0.2) is 30.3 Å². The van der Waals surface area contributed by atoms with Gasteiger partial charge in [-0.15, -0.1) is 11.6 Å². The van der Waals surface area contributed by atoms with Crippen LogP contribution in [0.3, 0.4) is 0 Å². The van der Waals surface area contributed by atoms with Crippen LogP contribution < -0.4 is 0 Å². The molecular weight excluding hydrogens is 262 g/mol. The minimum Gasteiger partial charge on any atom is -0.481 e. The number of hydrogen-bond donors (Lipinski definition) is 1. The third-order valence-electron chi connectivity index (χ3n) is 3.28. The number of rotatable bonds is 4. The van der Waals surface area contributed by atoms with Crippen molar-refractivity contribution in [3.05, 3.63) is 47.2 Å². The predicted octanol–water partition coefficient (Wildman–Crippen LogP) is 3.60. The predicted molar refractivity (Wildman–Crippen MR) is 76.5 cm³/mol. The Morgan fingerprint density at radius 1 is 1.26 bits per heavy atom. The highest BCUT2D eigenvalue weighted by Gasteiger charge is 2.14. The zero-order chi connectivity index (χ0) is 14.0. The van der Waals surface area contributed by atoms with Crippen LogP contribution in [-0.4, -0.2) is 15.6 Å². The molecule has 0 saturated carbocycles. The van der Waals surface area contributed by atoms with E-state index in [1.54, 1.807) is 0 Å². The lowest BCUT2D eigenvalue weighted by atomic mass is 10.1. The van der Waals surface area contributed by atoms with Crippen molar-refractivity contribution in [1.82, 2.24) is 4.57 Å². The quantitative estimate of drug-likeness (QED) is 0.868. The number of nitrogens with zero attached hydrogens (tertiary/aromatic N) is 1. The summed E-state index contributed by atoms with van der Waals surface area (Å²) in [6.45, 7) is 3.93. The lowest BCUT2D eigenvalue weighted by Crippen LogP contribution is -2.02. The van der Waals surface area contributed by atoms with Gasteiger partial charge in [0.15, 0.2) is 0 Å². The van der Waals surface area contributed by atoms with E-state index < -0.39 is 5.97 Å². The Kier molecular flexibility index (Phi) is 3.96. The number of carboxylic acids is 1. The first kappa shape index (κ1) is 13.7. The van der Waals surface area contributed by atoms with Crippen LogP contribution in [0.5, 0.6) is 0 Å². The van der Waals surface area contributed by atoms with E-state index in [1.807, 2.05) is 48.7 Å². The number of benzene rings is 1. The minimum absolute atomic E-state index is 0.0224. The van der Waals surface area contributed by atoms with Crippen LogP contribution in [0.4, 0.5) is 0 Å². The summed E-state index contributed by atoms with van der Waals surface area (Å²) in [7, 11) is 0. The smallest absolute Gasteiger partial charge is 0.307 e. The molecule has 0 amide bonds. The maximum Gasteiger partial charge on any atom is 0.307 e. The topological polar surface area (TPSA) is 42.2 Å². The summed E-state index contributed by atoms with van der Waals surface area (Å²) >= 11 is 5.98. The fourth-order valence-electron chi connectivity index (χ4n) is 2.16. The summed E-state index contributed by atoms with van der Waals surface area (Å²) in [4.78, 5) is 10.9. The molecule has 1 aromatic carbocycles. The number of carbonyl (C=O) groups is 1. The van der Waals surface area contributed by atoms with Gasteiger partial charge < -0.3 is 9.67 Å². The normalized spacial score (nSPS) is 10.7. The molecule has 0 saturated heterocycles. The van der Waals surface area contributed by atoms with E-state index in [-0.39, 0.29) is 6.42 Å². The van der Waals surface area contributed by atoms with Gasteiger partial charge in [0.05, 0.1) is 12.4 Å². The first-order valence-electron chi connectivity index (χ1n) is 6.06. The van der Waals surface area contributed by atoms with Gasteiger partial charge in [-0.05, 0) is 31.0 Å². The lowest BCUT2D eigenvalue weighted by Gasteiger charge is -2.08. The van der Waals surface area contributed by atoms with Crippen molar-refractivity contribution in [1.29, 1.82) is 0 Å². The molecule has 0 atom stereocenters. The van der Waals surface area contributed by atoms with Crippen LogP contribution >= 0.6 is 11.6 Å². The molecule has 0 spiro atoms. The Bertz CT molecular complexity index is 599. The molecule has 1 N–H and O–H groups in total. The van der Waals surface area contributed by atoms with E-state index in [2.05, 4.69) is 0 Å². The van der Waals surface area contributed by atoms with Crippen molar-refractivity contribution >= 4 is 17.6 Å². The second-order valence-electron chi connectivity index (χ2n) is 4.62. The number of aromatic nitrogens is 1. The Morgan fingerprint density at radius 2 is 1.89 bits per heavy atom. The highest BCUT2D eigenvalue weighted by Crippen LogP contribution is 2.27. The number of aryl methyl sites for hydroxylation is 1. The molecule has 0 unspecified atom stereocenters. The van der Waals surface area contributed by atoms with Gasteiger partial charge in [0.2, 0.25) is 0 Å². The van der Waals surface area contributed by atoms with Crippen LogP contribution in [0.1, 0.15) is 16.8 Å². The summed E-state index contributed by atoms with van der Waals surface area (Å²) in [5, 5.41) is 8.93. The molecule has 0 bridgehead atoms. The van der Waals surface area contributed by atoms with E-state index in [9.17, 15) is 4.79 Å². The van der Waals surface area contributed by atoms with Crippen molar-refractivity contribution in [3.8, 4) is 11.3 Å². The molecular formula is C15H16ClNO2. The molecule has 0 fully saturated rings. The summed E-state index contributed by atoms with van der Waals surface area (Å²) in [6.07, 6.45) is 0.0224. The van der Waals surface area contributed by atoms with Crippen molar-refractivity contribution in [2.24, 2.45) is 0 Å². The molecule has 100 valence electrons. The van der Waals surface area contributed by atoms with Gasteiger partial charge >= 0.3 is 5.97 Å².